The molecular weight excluding hydrogens is 292 g/mol. The minimum absolute atomic E-state index is 0.251. The summed E-state index contributed by atoms with van der Waals surface area (Å²) in [4.78, 5) is 15.7. The average molecular weight is 310 g/mol. The predicted octanol–water partition coefficient (Wildman–Crippen LogP) is 2.04. The number of nitrogens with one attached hydrogen (secondary N) is 2. The molecular formula is C17H18N4O2. The first-order chi connectivity index (χ1) is 11.3. The lowest BCUT2D eigenvalue weighted by molar-refractivity contribution is 0.140. The van der Waals surface area contributed by atoms with E-state index in [9.17, 15) is 4.79 Å². The van der Waals surface area contributed by atoms with Gasteiger partial charge < -0.3 is 15.5 Å². The van der Waals surface area contributed by atoms with Gasteiger partial charge in [0.1, 0.15) is 18.1 Å². The lowest BCUT2D eigenvalue weighted by atomic mass is 10.2. The Kier molecular flexibility index (Phi) is 6.44. The second-order valence-corrected chi connectivity index (χ2v) is 4.59. The van der Waals surface area contributed by atoms with Crippen LogP contribution in [0, 0.1) is 11.8 Å². The Morgan fingerprint density at radius 1 is 1.17 bits per heavy atom. The zero-order valence-corrected chi connectivity index (χ0v) is 12.6. The van der Waals surface area contributed by atoms with Gasteiger partial charge in [-0.25, -0.2) is 15.6 Å². The standard InChI is InChI=1S/C17H18N4O2/c18-21-16-11-6-10-15(20-16)9-4-5-12-19-17(22)23-13-14-7-2-1-3-8-14/h1-3,6-8,10-11H,5,12-13,18H2,(H,19,22)(H,20,21). The molecule has 0 saturated carbocycles. The molecule has 0 atom stereocenters. The maximum absolute atomic E-state index is 11.5. The molecule has 0 aliphatic rings. The topological polar surface area (TPSA) is 89.3 Å². The van der Waals surface area contributed by atoms with Crippen molar-refractivity contribution >= 4 is 11.9 Å². The van der Waals surface area contributed by atoms with Crippen LogP contribution in [0.15, 0.2) is 48.5 Å². The van der Waals surface area contributed by atoms with Crippen molar-refractivity contribution in [2.24, 2.45) is 5.84 Å². The van der Waals surface area contributed by atoms with Crippen LogP contribution in [0.5, 0.6) is 0 Å². The van der Waals surface area contributed by atoms with Gasteiger partial charge in [0.05, 0.1) is 0 Å². The normalized spacial score (nSPS) is 9.43. The van der Waals surface area contributed by atoms with E-state index in [1.807, 2.05) is 36.4 Å². The molecule has 0 unspecified atom stereocenters. The molecule has 4 N–H and O–H groups in total. The summed E-state index contributed by atoms with van der Waals surface area (Å²) in [7, 11) is 0. The number of rotatable bonds is 5. The first-order valence-electron chi connectivity index (χ1n) is 7.15. The molecule has 1 aromatic heterocycles. The molecule has 1 aromatic carbocycles. The third-order valence-electron chi connectivity index (χ3n) is 2.85. The zero-order valence-electron chi connectivity index (χ0n) is 12.6. The summed E-state index contributed by atoms with van der Waals surface area (Å²) in [5.41, 5.74) is 4.02. The number of amides is 1. The quantitative estimate of drug-likeness (QED) is 0.340. The number of aromatic nitrogens is 1. The molecule has 118 valence electrons. The highest BCUT2D eigenvalue weighted by Gasteiger charge is 2.00. The van der Waals surface area contributed by atoms with Crippen LogP contribution in [0.25, 0.3) is 0 Å². The van der Waals surface area contributed by atoms with Gasteiger partial charge in [0.2, 0.25) is 0 Å². The third-order valence-corrected chi connectivity index (χ3v) is 2.85. The molecule has 0 aliphatic carbocycles. The van der Waals surface area contributed by atoms with E-state index in [1.54, 1.807) is 12.1 Å². The molecule has 0 aliphatic heterocycles. The van der Waals surface area contributed by atoms with E-state index in [0.29, 0.717) is 24.5 Å². The fourth-order valence-electron chi connectivity index (χ4n) is 1.74. The van der Waals surface area contributed by atoms with Gasteiger partial charge in [0.25, 0.3) is 0 Å². The molecule has 1 heterocycles. The SMILES string of the molecule is NNc1cccc(C#CCCNC(=O)OCc2ccccc2)n1. The van der Waals surface area contributed by atoms with Crippen molar-refractivity contribution in [2.75, 3.05) is 12.0 Å². The highest BCUT2D eigenvalue weighted by Crippen LogP contribution is 2.02. The molecule has 2 rings (SSSR count). The predicted molar refractivity (Wildman–Crippen MR) is 88.2 cm³/mol. The van der Waals surface area contributed by atoms with Crippen LogP contribution in [0.2, 0.25) is 0 Å². The van der Waals surface area contributed by atoms with Crippen molar-refractivity contribution in [2.45, 2.75) is 13.0 Å². The van der Waals surface area contributed by atoms with Gasteiger partial charge >= 0.3 is 6.09 Å². The number of hydrazine groups is 1. The second kappa shape index (κ2) is 9.07. The summed E-state index contributed by atoms with van der Waals surface area (Å²) in [6.45, 7) is 0.663. The lowest BCUT2D eigenvalue weighted by Crippen LogP contribution is -2.24. The molecule has 23 heavy (non-hydrogen) atoms. The molecule has 6 heteroatoms. The summed E-state index contributed by atoms with van der Waals surface area (Å²) in [5.74, 6) is 11.7. The zero-order chi connectivity index (χ0) is 16.3. The van der Waals surface area contributed by atoms with Crippen molar-refractivity contribution in [3.63, 3.8) is 0 Å². The third kappa shape index (κ3) is 6.08. The smallest absolute Gasteiger partial charge is 0.407 e. The van der Waals surface area contributed by atoms with Crippen LogP contribution in [0.1, 0.15) is 17.7 Å². The molecule has 0 fully saturated rings. The van der Waals surface area contributed by atoms with E-state index in [2.05, 4.69) is 27.6 Å². The number of hydrogen-bond acceptors (Lipinski definition) is 5. The highest BCUT2D eigenvalue weighted by atomic mass is 16.5. The van der Waals surface area contributed by atoms with E-state index >= 15 is 0 Å². The van der Waals surface area contributed by atoms with Crippen LogP contribution in [-0.4, -0.2) is 17.6 Å². The molecule has 2 aromatic rings. The van der Waals surface area contributed by atoms with Gasteiger partial charge in [-0.15, -0.1) is 0 Å². The summed E-state index contributed by atoms with van der Waals surface area (Å²) in [5, 5.41) is 2.65. The van der Waals surface area contributed by atoms with Crippen LogP contribution in [0.4, 0.5) is 10.6 Å². The number of nitrogens with two attached hydrogens (primary N) is 1. The first-order valence-corrected chi connectivity index (χ1v) is 7.15. The van der Waals surface area contributed by atoms with Gasteiger partial charge in [-0.05, 0) is 23.6 Å². The Morgan fingerprint density at radius 3 is 2.78 bits per heavy atom. The number of carbonyl (C=O) groups is 1. The van der Waals surface area contributed by atoms with Gasteiger partial charge in [0.15, 0.2) is 0 Å². The fraction of sp³-hybridized carbons (Fsp3) is 0.176. The first kappa shape index (κ1) is 16.3. The maximum atomic E-state index is 11.5. The maximum Gasteiger partial charge on any atom is 0.407 e. The number of hydrogen-bond donors (Lipinski definition) is 3. The van der Waals surface area contributed by atoms with Crippen molar-refractivity contribution in [1.82, 2.24) is 10.3 Å². The summed E-state index contributed by atoms with van der Waals surface area (Å²) >= 11 is 0. The van der Waals surface area contributed by atoms with E-state index in [4.69, 9.17) is 10.6 Å². The molecule has 6 nitrogen and oxygen atoms in total. The number of benzene rings is 1. The van der Waals surface area contributed by atoms with Gasteiger partial charge in [-0.3, -0.25) is 0 Å². The minimum atomic E-state index is -0.455. The van der Waals surface area contributed by atoms with E-state index < -0.39 is 6.09 Å². The number of ether oxygens (including phenoxy) is 1. The van der Waals surface area contributed by atoms with E-state index in [1.165, 1.54) is 0 Å². The Bertz CT molecular complexity index is 692. The molecule has 0 saturated heterocycles. The minimum Gasteiger partial charge on any atom is -0.445 e. The number of alkyl carbamates (subject to hydrolysis) is 1. The highest BCUT2D eigenvalue weighted by molar-refractivity contribution is 5.67. The number of nitrogens with zero attached hydrogens (tertiary/aromatic N) is 1. The summed E-state index contributed by atoms with van der Waals surface area (Å²) in [6.07, 6.45) is 0.0469. The van der Waals surface area contributed by atoms with Crippen molar-refractivity contribution in [3.8, 4) is 11.8 Å². The van der Waals surface area contributed by atoms with Crippen LogP contribution in [-0.2, 0) is 11.3 Å². The van der Waals surface area contributed by atoms with Crippen LogP contribution < -0.4 is 16.6 Å². The molecule has 0 bridgehead atoms. The van der Waals surface area contributed by atoms with E-state index in [0.717, 1.165) is 5.56 Å². The number of nitrogen functional groups attached to an aromatic ring is 1. The monoisotopic (exact) mass is 310 g/mol. The van der Waals surface area contributed by atoms with Gasteiger partial charge in [0, 0.05) is 13.0 Å². The van der Waals surface area contributed by atoms with E-state index in [-0.39, 0.29) is 6.61 Å². The van der Waals surface area contributed by atoms with Crippen molar-refractivity contribution in [3.05, 3.63) is 59.8 Å². The Balaban J connectivity index is 1.67. The van der Waals surface area contributed by atoms with Crippen LogP contribution in [0.3, 0.4) is 0 Å². The Labute approximate surface area is 135 Å². The summed E-state index contributed by atoms with van der Waals surface area (Å²) < 4.78 is 5.09. The van der Waals surface area contributed by atoms with Gasteiger partial charge in [-0.2, -0.15) is 0 Å². The molecule has 0 spiro atoms. The number of carbonyl (C=O) groups excluding carboxylic acids is 1. The Hall–Kier alpha value is -3.04. The average Bonchev–Trinajstić information content (AvgIpc) is 2.61. The molecule has 1 amide bonds. The largest absolute Gasteiger partial charge is 0.445 e. The lowest BCUT2D eigenvalue weighted by Gasteiger charge is -2.05. The van der Waals surface area contributed by atoms with Crippen molar-refractivity contribution in [1.29, 1.82) is 0 Å². The van der Waals surface area contributed by atoms with Crippen LogP contribution >= 0.6 is 0 Å². The second-order valence-electron chi connectivity index (χ2n) is 4.59. The van der Waals surface area contributed by atoms with Crippen molar-refractivity contribution < 1.29 is 9.53 Å². The molecule has 0 radical (unpaired) electrons. The van der Waals surface area contributed by atoms with Gasteiger partial charge in [-0.1, -0.05) is 42.3 Å². The number of anilines is 1. The fourth-order valence-corrected chi connectivity index (χ4v) is 1.74. The Morgan fingerprint density at radius 2 is 2.00 bits per heavy atom. The summed E-state index contributed by atoms with van der Waals surface area (Å²) in [6, 6.07) is 14.9. The number of pyridine rings is 1.